The summed E-state index contributed by atoms with van der Waals surface area (Å²) in [5.41, 5.74) is 0.751. The van der Waals surface area contributed by atoms with E-state index >= 15 is 0 Å². The molecule has 0 aliphatic heterocycles. The summed E-state index contributed by atoms with van der Waals surface area (Å²) in [5.74, 6) is -0.118. The number of rotatable bonds is 7. The second-order valence-electron chi connectivity index (χ2n) is 4.32. The van der Waals surface area contributed by atoms with Crippen molar-refractivity contribution in [1.29, 1.82) is 0 Å². The Morgan fingerprint density at radius 2 is 2.21 bits per heavy atom. The van der Waals surface area contributed by atoms with E-state index in [2.05, 4.69) is 10.6 Å². The van der Waals surface area contributed by atoms with Crippen LogP contribution in [-0.4, -0.2) is 23.9 Å². The highest BCUT2D eigenvalue weighted by atomic mass is 16.6. The van der Waals surface area contributed by atoms with Crippen molar-refractivity contribution in [3.63, 3.8) is 0 Å². The maximum Gasteiger partial charge on any atom is 0.269 e. The summed E-state index contributed by atoms with van der Waals surface area (Å²) in [7, 11) is 0. The number of hydrogen-bond donors (Lipinski definition) is 2. The Kier molecular flexibility index (Phi) is 5.95. The minimum Gasteiger partial charge on any atom is -0.348 e. The van der Waals surface area contributed by atoms with Crippen LogP contribution in [0.1, 0.15) is 31.9 Å². The first-order valence-corrected chi connectivity index (χ1v) is 6.29. The number of carbonyl (C=O) groups is 1. The molecule has 0 saturated carbocycles. The van der Waals surface area contributed by atoms with Crippen LogP contribution in [0, 0.1) is 10.1 Å². The van der Waals surface area contributed by atoms with Crippen molar-refractivity contribution in [3.05, 3.63) is 39.9 Å². The van der Waals surface area contributed by atoms with Gasteiger partial charge in [0.15, 0.2) is 0 Å². The molecule has 2 N–H and O–H groups in total. The molecule has 1 atom stereocenters. The maximum absolute atomic E-state index is 11.6. The minimum absolute atomic E-state index is 0.0303. The molecule has 0 spiro atoms. The van der Waals surface area contributed by atoms with E-state index in [-0.39, 0.29) is 24.2 Å². The third-order valence-electron chi connectivity index (χ3n) is 2.67. The highest BCUT2D eigenvalue weighted by molar-refractivity contribution is 5.78. The molecule has 0 heterocycles. The van der Waals surface area contributed by atoms with Crippen LogP contribution in [0.2, 0.25) is 0 Å². The first-order chi connectivity index (χ1) is 9.04. The predicted molar refractivity (Wildman–Crippen MR) is 72.8 cm³/mol. The number of nitrogens with one attached hydrogen (secondary N) is 2. The molecule has 0 saturated heterocycles. The Balaban J connectivity index is 2.57. The first kappa shape index (κ1) is 15.1. The molecule has 0 aromatic heterocycles. The van der Waals surface area contributed by atoms with Crippen molar-refractivity contribution >= 4 is 11.6 Å². The summed E-state index contributed by atoms with van der Waals surface area (Å²) in [4.78, 5) is 21.8. The lowest BCUT2D eigenvalue weighted by atomic mass is 10.1. The average Bonchev–Trinajstić information content (AvgIpc) is 2.39. The van der Waals surface area contributed by atoms with Crippen LogP contribution in [0.25, 0.3) is 0 Å². The summed E-state index contributed by atoms with van der Waals surface area (Å²) in [5, 5.41) is 16.5. The minimum atomic E-state index is -0.444. The van der Waals surface area contributed by atoms with Crippen LogP contribution in [0.15, 0.2) is 24.3 Å². The zero-order valence-corrected chi connectivity index (χ0v) is 11.2. The molecule has 1 unspecified atom stereocenters. The van der Waals surface area contributed by atoms with Gasteiger partial charge < -0.3 is 10.6 Å². The van der Waals surface area contributed by atoms with Gasteiger partial charge in [0.25, 0.3) is 5.69 Å². The molecule has 0 aliphatic carbocycles. The molecule has 19 heavy (non-hydrogen) atoms. The van der Waals surface area contributed by atoms with E-state index in [0.29, 0.717) is 0 Å². The summed E-state index contributed by atoms with van der Waals surface area (Å²) >= 11 is 0. The molecular formula is C13H19N3O3. The molecule has 1 aromatic rings. The van der Waals surface area contributed by atoms with Gasteiger partial charge in [-0.25, -0.2) is 0 Å². The average molecular weight is 265 g/mol. The van der Waals surface area contributed by atoms with Gasteiger partial charge in [0.1, 0.15) is 0 Å². The molecule has 0 bridgehead atoms. The molecule has 6 nitrogen and oxygen atoms in total. The van der Waals surface area contributed by atoms with Crippen molar-refractivity contribution < 1.29 is 9.72 Å². The Hall–Kier alpha value is -1.95. The molecule has 0 radical (unpaired) electrons. The topological polar surface area (TPSA) is 84.3 Å². The molecule has 0 aliphatic rings. The lowest BCUT2D eigenvalue weighted by Gasteiger charge is -2.14. The summed E-state index contributed by atoms with van der Waals surface area (Å²) in [6.07, 6.45) is 0.966. The van der Waals surface area contributed by atoms with Gasteiger partial charge in [-0.15, -0.1) is 0 Å². The zero-order chi connectivity index (χ0) is 14.3. The van der Waals surface area contributed by atoms with Crippen molar-refractivity contribution in [2.75, 3.05) is 13.1 Å². The molecule has 1 amide bonds. The number of nitrogens with zero attached hydrogens (tertiary/aromatic N) is 1. The van der Waals surface area contributed by atoms with E-state index in [1.165, 1.54) is 12.1 Å². The molecule has 6 heteroatoms. The SMILES string of the molecule is CCCNCC(=O)NC(C)c1cccc([N+](=O)[O-])c1. The third-order valence-corrected chi connectivity index (χ3v) is 2.67. The second kappa shape index (κ2) is 7.48. The van der Waals surface area contributed by atoms with E-state index in [0.717, 1.165) is 18.5 Å². The Morgan fingerprint density at radius 3 is 2.84 bits per heavy atom. The van der Waals surface area contributed by atoms with Gasteiger partial charge in [-0.3, -0.25) is 14.9 Å². The van der Waals surface area contributed by atoms with Crippen LogP contribution in [0.5, 0.6) is 0 Å². The standard InChI is InChI=1S/C13H19N3O3/c1-3-7-14-9-13(17)15-10(2)11-5-4-6-12(8-11)16(18)19/h4-6,8,10,14H,3,7,9H2,1-2H3,(H,15,17). The second-order valence-corrected chi connectivity index (χ2v) is 4.32. The fourth-order valence-corrected chi connectivity index (χ4v) is 1.66. The van der Waals surface area contributed by atoms with Crippen molar-refractivity contribution in [2.24, 2.45) is 0 Å². The molecule has 0 fully saturated rings. The number of non-ortho nitro benzene ring substituents is 1. The third kappa shape index (κ3) is 5.05. The van der Waals surface area contributed by atoms with Gasteiger partial charge >= 0.3 is 0 Å². The van der Waals surface area contributed by atoms with Crippen LogP contribution < -0.4 is 10.6 Å². The quantitative estimate of drug-likeness (QED) is 0.447. The monoisotopic (exact) mass is 265 g/mol. The highest BCUT2D eigenvalue weighted by Crippen LogP contribution is 2.18. The van der Waals surface area contributed by atoms with E-state index in [1.807, 2.05) is 6.92 Å². The van der Waals surface area contributed by atoms with Crippen molar-refractivity contribution in [1.82, 2.24) is 10.6 Å². The van der Waals surface area contributed by atoms with E-state index in [4.69, 9.17) is 0 Å². The Morgan fingerprint density at radius 1 is 1.47 bits per heavy atom. The summed E-state index contributed by atoms with van der Waals surface area (Å²) < 4.78 is 0. The highest BCUT2D eigenvalue weighted by Gasteiger charge is 2.12. The summed E-state index contributed by atoms with van der Waals surface area (Å²) in [6, 6.07) is 6.03. The van der Waals surface area contributed by atoms with Gasteiger partial charge in [0, 0.05) is 12.1 Å². The van der Waals surface area contributed by atoms with Crippen LogP contribution >= 0.6 is 0 Å². The Bertz CT molecular complexity index is 449. The first-order valence-electron chi connectivity index (χ1n) is 6.29. The lowest BCUT2D eigenvalue weighted by Crippen LogP contribution is -2.35. The number of carbonyl (C=O) groups excluding carboxylic acids is 1. The van der Waals surface area contributed by atoms with Crippen molar-refractivity contribution in [3.8, 4) is 0 Å². The number of hydrogen-bond acceptors (Lipinski definition) is 4. The van der Waals surface area contributed by atoms with Gasteiger partial charge in [0.2, 0.25) is 5.91 Å². The number of benzene rings is 1. The maximum atomic E-state index is 11.6. The number of nitro benzene ring substituents is 1. The number of nitro groups is 1. The zero-order valence-electron chi connectivity index (χ0n) is 11.2. The van der Waals surface area contributed by atoms with E-state index < -0.39 is 4.92 Å². The van der Waals surface area contributed by atoms with Gasteiger partial charge in [0.05, 0.1) is 17.5 Å². The fourth-order valence-electron chi connectivity index (χ4n) is 1.66. The van der Waals surface area contributed by atoms with E-state index in [9.17, 15) is 14.9 Å². The smallest absolute Gasteiger partial charge is 0.269 e. The molecule has 1 aromatic carbocycles. The fraction of sp³-hybridized carbons (Fsp3) is 0.462. The van der Waals surface area contributed by atoms with E-state index in [1.54, 1.807) is 19.1 Å². The van der Waals surface area contributed by atoms with Crippen LogP contribution in [0.3, 0.4) is 0 Å². The predicted octanol–water partition coefficient (Wildman–Crippen LogP) is 1.77. The molecular weight excluding hydrogens is 246 g/mol. The largest absolute Gasteiger partial charge is 0.348 e. The normalized spacial score (nSPS) is 11.9. The lowest BCUT2D eigenvalue weighted by molar-refractivity contribution is -0.384. The molecule has 1 rings (SSSR count). The van der Waals surface area contributed by atoms with Crippen LogP contribution in [0.4, 0.5) is 5.69 Å². The Labute approximate surface area is 112 Å². The van der Waals surface area contributed by atoms with Crippen molar-refractivity contribution in [2.45, 2.75) is 26.3 Å². The van der Waals surface area contributed by atoms with Gasteiger partial charge in [-0.2, -0.15) is 0 Å². The van der Waals surface area contributed by atoms with Crippen LogP contribution in [-0.2, 0) is 4.79 Å². The van der Waals surface area contributed by atoms with Gasteiger partial charge in [-0.1, -0.05) is 19.1 Å². The summed E-state index contributed by atoms with van der Waals surface area (Å²) in [6.45, 7) is 4.87. The molecule has 104 valence electrons. The van der Waals surface area contributed by atoms with Gasteiger partial charge in [-0.05, 0) is 25.5 Å². The number of amides is 1.